The molecule has 1 heterocycles. The summed E-state index contributed by atoms with van der Waals surface area (Å²) in [6.45, 7) is 5.58. The van der Waals surface area contributed by atoms with Gasteiger partial charge in [-0.1, -0.05) is 37.7 Å². The van der Waals surface area contributed by atoms with E-state index in [1.807, 2.05) is 28.8 Å². The zero-order valence-corrected chi connectivity index (χ0v) is 14.4. The molecule has 0 aliphatic carbocycles. The topological polar surface area (TPSA) is 70.7 Å². The van der Waals surface area contributed by atoms with Crippen molar-refractivity contribution in [2.75, 3.05) is 12.3 Å². The van der Waals surface area contributed by atoms with E-state index in [9.17, 15) is 4.79 Å². The van der Waals surface area contributed by atoms with E-state index in [1.54, 1.807) is 0 Å². The molecule has 6 heteroatoms. The van der Waals surface area contributed by atoms with Crippen LogP contribution in [0.2, 0.25) is 0 Å². The molecule has 5 nitrogen and oxygen atoms in total. The van der Waals surface area contributed by atoms with Crippen LogP contribution in [-0.2, 0) is 11.3 Å². The van der Waals surface area contributed by atoms with Crippen LogP contribution < -0.4 is 5.32 Å². The van der Waals surface area contributed by atoms with E-state index in [4.69, 9.17) is 5.26 Å². The molecule has 1 amide bonds. The first-order valence-electron chi connectivity index (χ1n) is 7.83. The van der Waals surface area contributed by atoms with Crippen molar-refractivity contribution in [3.8, 4) is 6.07 Å². The molecule has 2 aromatic rings. The summed E-state index contributed by atoms with van der Waals surface area (Å²) >= 11 is 1.42. The number of fused-ring (bicyclic) bond motifs is 1. The highest BCUT2D eigenvalue weighted by molar-refractivity contribution is 7.99. The second kappa shape index (κ2) is 8.59. The van der Waals surface area contributed by atoms with Gasteiger partial charge in [-0.3, -0.25) is 4.79 Å². The lowest BCUT2D eigenvalue weighted by Crippen LogP contribution is -2.27. The quantitative estimate of drug-likeness (QED) is 0.755. The second-order valence-electron chi connectivity index (χ2n) is 5.76. The third-order valence-electron chi connectivity index (χ3n) is 3.44. The minimum absolute atomic E-state index is 0.0227. The van der Waals surface area contributed by atoms with Gasteiger partial charge >= 0.3 is 0 Å². The Kier molecular flexibility index (Phi) is 6.48. The molecule has 1 aromatic carbocycles. The first-order valence-corrected chi connectivity index (χ1v) is 8.82. The van der Waals surface area contributed by atoms with Crippen LogP contribution in [0.25, 0.3) is 11.0 Å². The number of hydrogen-bond acceptors (Lipinski definition) is 4. The van der Waals surface area contributed by atoms with Crippen LogP contribution in [0.4, 0.5) is 0 Å². The molecule has 0 unspecified atom stereocenters. The fraction of sp³-hybridized carbons (Fsp3) is 0.471. The maximum atomic E-state index is 11.9. The van der Waals surface area contributed by atoms with Crippen LogP contribution in [0.3, 0.4) is 0 Å². The van der Waals surface area contributed by atoms with Crippen molar-refractivity contribution in [3.63, 3.8) is 0 Å². The molecule has 0 fully saturated rings. The molecule has 122 valence electrons. The summed E-state index contributed by atoms with van der Waals surface area (Å²) in [4.78, 5) is 16.5. The molecule has 0 aliphatic heterocycles. The molecular weight excluding hydrogens is 308 g/mol. The molecule has 0 radical (unpaired) electrons. The summed E-state index contributed by atoms with van der Waals surface area (Å²) in [5.41, 5.74) is 1.90. The van der Waals surface area contributed by atoms with E-state index in [0.29, 0.717) is 31.2 Å². The van der Waals surface area contributed by atoms with Crippen molar-refractivity contribution >= 4 is 28.7 Å². The zero-order chi connectivity index (χ0) is 16.7. The molecule has 2 rings (SSSR count). The van der Waals surface area contributed by atoms with Crippen molar-refractivity contribution < 1.29 is 4.79 Å². The Morgan fingerprint density at radius 3 is 2.96 bits per heavy atom. The van der Waals surface area contributed by atoms with E-state index in [2.05, 4.69) is 30.2 Å². The van der Waals surface area contributed by atoms with E-state index in [0.717, 1.165) is 22.6 Å². The summed E-state index contributed by atoms with van der Waals surface area (Å²) < 4.78 is 2.02. The summed E-state index contributed by atoms with van der Waals surface area (Å²) in [6, 6.07) is 10.0. The number of benzene rings is 1. The molecule has 0 aliphatic rings. The first kappa shape index (κ1) is 17.4. The lowest BCUT2D eigenvalue weighted by Gasteiger charge is -2.08. The van der Waals surface area contributed by atoms with E-state index in [-0.39, 0.29) is 5.91 Å². The van der Waals surface area contributed by atoms with Crippen molar-refractivity contribution in [1.82, 2.24) is 14.9 Å². The summed E-state index contributed by atoms with van der Waals surface area (Å²) in [5, 5.41) is 12.6. The van der Waals surface area contributed by atoms with Crippen LogP contribution >= 0.6 is 11.8 Å². The Hall–Kier alpha value is -2.00. The number of thioether (sulfide) groups is 1. The second-order valence-corrected chi connectivity index (χ2v) is 6.71. The lowest BCUT2D eigenvalue weighted by atomic mass is 10.1. The molecule has 23 heavy (non-hydrogen) atoms. The number of carbonyl (C=O) groups excluding carboxylic acids is 1. The fourth-order valence-corrected chi connectivity index (χ4v) is 3.09. The molecule has 0 spiro atoms. The number of hydrogen-bond donors (Lipinski definition) is 1. The van der Waals surface area contributed by atoms with E-state index >= 15 is 0 Å². The van der Waals surface area contributed by atoms with Gasteiger partial charge in [0.15, 0.2) is 5.16 Å². The Morgan fingerprint density at radius 1 is 1.43 bits per heavy atom. The predicted octanol–water partition coefficient (Wildman–Crippen LogP) is 3.20. The van der Waals surface area contributed by atoms with Crippen molar-refractivity contribution in [2.24, 2.45) is 5.92 Å². The average molecular weight is 330 g/mol. The van der Waals surface area contributed by atoms with Gasteiger partial charge in [0.2, 0.25) is 5.91 Å². The normalized spacial score (nSPS) is 10.9. The number of imidazole rings is 1. The number of aryl methyl sites for hydroxylation is 1. The Bertz CT molecular complexity index is 702. The van der Waals surface area contributed by atoms with Crippen LogP contribution in [0, 0.1) is 17.2 Å². The predicted molar refractivity (Wildman–Crippen MR) is 93.2 cm³/mol. The minimum Gasteiger partial charge on any atom is -0.355 e. The smallest absolute Gasteiger partial charge is 0.230 e. The van der Waals surface area contributed by atoms with E-state index in [1.165, 1.54) is 11.8 Å². The van der Waals surface area contributed by atoms with Gasteiger partial charge in [-0.15, -0.1) is 0 Å². The number of nitriles is 1. The number of nitrogens with zero attached hydrogens (tertiary/aromatic N) is 3. The van der Waals surface area contributed by atoms with Gasteiger partial charge in [-0.25, -0.2) is 4.98 Å². The summed E-state index contributed by atoms with van der Waals surface area (Å²) in [7, 11) is 0. The molecule has 0 atom stereocenters. The monoisotopic (exact) mass is 330 g/mol. The minimum atomic E-state index is 0.0227. The van der Waals surface area contributed by atoms with Gasteiger partial charge in [0.25, 0.3) is 0 Å². The number of aromatic nitrogens is 2. The first-order chi connectivity index (χ1) is 11.1. The van der Waals surface area contributed by atoms with Crippen molar-refractivity contribution in [2.45, 2.75) is 38.4 Å². The van der Waals surface area contributed by atoms with Gasteiger partial charge in [-0.05, 0) is 24.5 Å². The van der Waals surface area contributed by atoms with E-state index < -0.39 is 0 Å². The average Bonchev–Trinajstić information content (AvgIpc) is 2.88. The van der Waals surface area contributed by atoms with Crippen LogP contribution in [0.1, 0.15) is 26.7 Å². The molecule has 0 bridgehead atoms. The fourth-order valence-electron chi connectivity index (χ4n) is 2.22. The summed E-state index contributed by atoms with van der Waals surface area (Å²) in [5.74, 6) is 0.946. The molecular formula is C17H22N4OS. The highest BCUT2D eigenvalue weighted by Gasteiger charge is 2.12. The van der Waals surface area contributed by atoms with Gasteiger partial charge in [-0.2, -0.15) is 5.26 Å². The van der Waals surface area contributed by atoms with Gasteiger partial charge < -0.3 is 9.88 Å². The number of rotatable bonds is 8. The number of para-hydroxylation sites is 2. The number of nitrogens with one attached hydrogen (secondary N) is 1. The maximum Gasteiger partial charge on any atom is 0.230 e. The number of carbonyl (C=O) groups is 1. The van der Waals surface area contributed by atoms with Gasteiger partial charge in [0.05, 0.1) is 29.3 Å². The van der Waals surface area contributed by atoms with Crippen LogP contribution in [-0.4, -0.2) is 27.8 Å². The number of amides is 1. The standard InChI is InChI=1S/C17H22N4OS/c1-13(2)8-10-19-16(22)12-23-17-20-14-6-3-4-7-15(14)21(17)11-5-9-18/h3-4,6-7,13H,5,8,10-12H2,1-2H3,(H,19,22). The van der Waals surface area contributed by atoms with Crippen molar-refractivity contribution in [3.05, 3.63) is 24.3 Å². The molecule has 1 aromatic heterocycles. The molecule has 0 saturated heterocycles. The highest BCUT2D eigenvalue weighted by Crippen LogP contribution is 2.24. The Morgan fingerprint density at radius 2 is 2.22 bits per heavy atom. The SMILES string of the molecule is CC(C)CCNC(=O)CSc1nc2ccccc2n1CCC#N. The van der Waals surface area contributed by atoms with Gasteiger partial charge in [0.1, 0.15) is 0 Å². The van der Waals surface area contributed by atoms with Crippen LogP contribution in [0.15, 0.2) is 29.4 Å². The highest BCUT2D eigenvalue weighted by atomic mass is 32.2. The zero-order valence-electron chi connectivity index (χ0n) is 13.6. The molecule has 0 saturated carbocycles. The Balaban J connectivity index is 2.01. The van der Waals surface area contributed by atoms with Crippen molar-refractivity contribution in [1.29, 1.82) is 5.26 Å². The maximum absolute atomic E-state index is 11.9. The third-order valence-corrected chi connectivity index (χ3v) is 4.42. The lowest BCUT2D eigenvalue weighted by molar-refractivity contribution is -0.118. The Labute approximate surface area is 141 Å². The molecule has 1 N–H and O–H groups in total. The summed E-state index contributed by atoms with van der Waals surface area (Å²) in [6.07, 6.45) is 1.41. The third kappa shape index (κ3) is 5.00. The van der Waals surface area contributed by atoms with Crippen LogP contribution in [0.5, 0.6) is 0 Å². The largest absolute Gasteiger partial charge is 0.355 e. The van der Waals surface area contributed by atoms with Gasteiger partial charge in [0, 0.05) is 13.1 Å².